The molecule has 0 aliphatic rings. The Labute approximate surface area is 126 Å². The molecule has 1 aromatic heterocycles. The molecule has 106 valence electrons. The zero-order valence-electron chi connectivity index (χ0n) is 11.6. The maximum atomic E-state index is 12.7. The first-order chi connectivity index (χ1) is 10.1. The van der Waals surface area contributed by atoms with Crippen LogP contribution in [0.5, 0.6) is 5.75 Å². The van der Waals surface area contributed by atoms with Crippen LogP contribution in [0.4, 0.5) is 0 Å². The molecule has 0 amide bonds. The van der Waals surface area contributed by atoms with Gasteiger partial charge in [0.1, 0.15) is 11.4 Å². The number of ketones is 1. The van der Waals surface area contributed by atoms with Crippen molar-refractivity contribution in [1.29, 1.82) is 0 Å². The second kappa shape index (κ2) is 5.22. The van der Waals surface area contributed by atoms with Crippen LogP contribution in [-0.2, 0) is 7.05 Å². The monoisotopic (exact) mass is 300 g/mol. The fourth-order valence-electron chi connectivity index (χ4n) is 2.32. The van der Waals surface area contributed by atoms with Crippen molar-refractivity contribution in [3.63, 3.8) is 0 Å². The number of hydrogen-bond donors (Lipinski definition) is 0. The number of fused-ring (bicyclic) bond motifs is 1. The van der Waals surface area contributed by atoms with Crippen molar-refractivity contribution in [2.45, 2.75) is 0 Å². The molecular formula is C16H13ClN2O2. The number of para-hydroxylation sites is 1. The molecule has 0 aliphatic heterocycles. The largest absolute Gasteiger partial charge is 0.495 e. The molecule has 4 nitrogen and oxygen atoms in total. The maximum Gasteiger partial charge on any atom is 0.214 e. The average Bonchev–Trinajstić information content (AvgIpc) is 2.85. The summed E-state index contributed by atoms with van der Waals surface area (Å²) < 4.78 is 6.86. The van der Waals surface area contributed by atoms with Crippen LogP contribution < -0.4 is 4.74 Å². The molecule has 0 fully saturated rings. The van der Waals surface area contributed by atoms with Crippen LogP contribution in [0.3, 0.4) is 0 Å². The number of aromatic nitrogens is 2. The number of benzene rings is 2. The van der Waals surface area contributed by atoms with Gasteiger partial charge in [-0.25, -0.2) is 0 Å². The Morgan fingerprint density at radius 1 is 1.24 bits per heavy atom. The number of methoxy groups -OCH3 is 1. The van der Waals surface area contributed by atoms with Gasteiger partial charge >= 0.3 is 0 Å². The van der Waals surface area contributed by atoms with Crippen molar-refractivity contribution >= 4 is 28.3 Å². The van der Waals surface area contributed by atoms with E-state index in [4.69, 9.17) is 16.3 Å². The van der Waals surface area contributed by atoms with Crippen LogP contribution in [0.15, 0.2) is 42.5 Å². The van der Waals surface area contributed by atoms with Gasteiger partial charge in [0.15, 0.2) is 0 Å². The minimum absolute atomic E-state index is 0.151. The van der Waals surface area contributed by atoms with E-state index in [1.54, 1.807) is 22.9 Å². The van der Waals surface area contributed by atoms with Crippen LogP contribution in [0.1, 0.15) is 16.1 Å². The molecule has 0 radical (unpaired) electrons. The van der Waals surface area contributed by atoms with E-state index in [0.29, 0.717) is 22.0 Å². The third kappa shape index (κ3) is 2.28. The van der Waals surface area contributed by atoms with Crippen LogP contribution in [0.2, 0.25) is 5.02 Å². The van der Waals surface area contributed by atoms with Crippen LogP contribution >= 0.6 is 11.6 Å². The molecule has 0 unspecified atom stereocenters. The van der Waals surface area contributed by atoms with Crippen molar-refractivity contribution < 1.29 is 9.53 Å². The van der Waals surface area contributed by atoms with E-state index in [1.165, 1.54) is 7.11 Å². The number of halogens is 1. The Bertz CT molecular complexity index is 839. The Morgan fingerprint density at radius 3 is 2.76 bits per heavy atom. The minimum atomic E-state index is -0.151. The van der Waals surface area contributed by atoms with E-state index in [9.17, 15) is 4.79 Å². The topological polar surface area (TPSA) is 44.1 Å². The van der Waals surface area contributed by atoms with Gasteiger partial charge in [-0.05, 0) is 24.3 Å². The third-order valence-electron chi connectivity index (χ3n) is 3.39. The first-order valence-corrected chi connectivity index (χ1v) is 6.79. The number of aryl methyl sites for hydroxylation is 1. The van der Waals surface area contributed by atoms with Crippen molar-refractivity contribution in [3.05, 3.63) is 58.7 Å². The summed E-state index contributed by atoms with van der Waals surface area (Å²) in [5, 5.41) is 5.64. The van der Waals surface area contributed by atoms with Gasteiger partial charge in [-0.2, -0.15) is 5.10 Å². The summed E-state index contributed by atoms with van der Waals surface area (Å²) in [6.45, 7) is 0. The van der Waals surface area contributed by atoms with Gasteiger partial charge in [-0.3, -0.25) is 9.48 Å². The molecule has 1 heterocycles. The zero-order chi connectivity index (χ0) is 15.0. The van der Waals surface area contributed by atoms with Crippen molar-refractivity contribution in [2.75, 3.05) is 7.11 Å². The lowest BCUT2D eigenvalue weighted by molar-refractivity contribution is 0.103. The van der Waals surface area contributed by atoms with Gasteiger partial charge in [0.2, 0.25) is 5.78 Å². The van der Waals surface area contributed by atoms with Gasteiger partial charge < -0.3 is 4.74 Å². The molecule has 5 heteroatoms. The molecule has 0 bridgehead atoms. The molecule has 3 aromatic rings. The van der Waals surface area contributed by atoms with Crippen LogP contribution in [0, 0.1) is 0 Å². The zero-order valence-corrected chi connectivity index (χ0v) is 12.4. The SMILES string of the molecule is COc1cc(C(=O)c2nn(C)c3ccccc23)ccc1Cl. The van der Waals surface area contributed by atoms with Crippen molar-refractivity contribution in [2.24, 2.45) is 7.05 Å². The Hall–Kier alpha value is -2.33. The summed E-state index contributed by atoms with van der Waals surface area (Å²) in [7, 11) is 3.34. The van der Waals surface area contributed by atoms with Crippen LogP contribution in [0.25, 0.3) is 10.9 Å². The van der Waals surface area contributed by atoms with E-state index < -0.39 is 0 Å². The Balaban J connectivity index is 2.13. The summed E-state index contributed by atoms with van der Waals surface area (Å²) in [4.78, 5) is 12.7. The second-order valence-corrected chi connectivity index (χ2v) is 5.08. The number of rotatable bonds is 3. The molecule has 0 saturated carbocycles. The summed E-state index contributed by atoms with van der Waals surface area (Å²) in [6.07, 6.45) is 0. The molecule has 21 heavy (non-hydrogen) atoms. The fraction of sp³-hybridized carbons (Fsp3) is 0.125. The van der Waals surface area contributed by atoms with Gasteiger partial charge in [-0.15, -0.1) is 0 Å². The highest BCUT2D eigenvalue weighted by Crippen LogP contribution is 2.27. The molecule has 0 spiro atoms. The standard InChI is InChI=1S/C16H13ClN2O2/c1-19-13-6-4-3-5-11(13)15(18-19)16(20)10-7-8-12(17)14(9-10)21-2/h3-9H,1-2H3. The molecule has 0 atom stereocenters. The Morgan fingerprint density at radius 2 is 2.00 bits per heavy atom. The van der Waals surface area contributed by atoms with Crippen molar-refractivity contribution in [3.8, 4) is 5.75 Å². The third-order valence-corrected chi connectivity index (χ3v) is 3.70. The van der Waals surface area contributed by atoms with Crippen LogP contribution in [-0.4, -0.2) is 22.7 Å². The predicted octanol–water partition coefficient (Wildman–Crippen LogP) is 3.47. The summed E-state index contributed by atoms with van der Waals surface area (Å²) in [5.41, 5.74) is 1.85. The Kier molecular flexibility index (Phi) is 3.39. The predicted molar refractivity (Wildman–Crippen MR) is 82.2 cm³/mol. The van der Waals surface area contributed by atoms with E-state index in [2.05, 4.69) is 5.10 Å². The molecule has 0 aliphatic carbocycles. The average molecular weight is 301 g/mol. The van der Waals surface area contributed by atoms with Gasteiger partial charge in [0.25, 0.3) is 0 Å². The number of carbonyl (C=O) groups is 1. The fourth-order valence-corrected chi connectivity index (χ4v) is 2.51. The van der Waals surface area contributed by atoms with E-state index in [1.807, 2.05) is 31.3 Å². The van der Waals surface area contributed by atoms with E-state index >= 15 is 0 Å². The smallest absolute Gasteiger partial charge is 0.214 e. The first kappa shape index (κ1) is 13.6. The second-order valence-electron chi connectivity index (χ2n) is 4.67. The first-order valence-electron chi connectivity index (χ1n) is 6.42. The van der Waals surface area contributed by atoms with E-state index in [-0.39, 0.29) is 5.78 Å². The highest BCUT2D eigenvalue weighted by molar-refractivity contribution is 6.32. The lowest BCUT2D eigenvalue weighted by Crippen LogP contribution is -2.04. The highest BCUT2D eigenvalue weighted by atomic mass is 35.5. The quantitative estimate of drug-likeness (QED) is 0.696. The van der Waals surface area contributed by atoms with Gasteiger partial charge in [0, 0.05) is 18.0 Å². The van der Waals surface area contributed by atoms with Gasteiger partial charge in [0.05, 0.1) is 17.6 Å². The number of nitrogens with zero attached hydrogens (tertiary/aromatic N) is 2. The molecule has 2 aromatic carbocycles. The molecule has 3 rings (SSSR count). The number of hydrogen-bond acceptors (Lipinski definition) is 3. The molecule has 0 N–H and O–H groups in total. The van der Waals surface area contributed by atoms with E-state index in [0.717, 1.165) is 10.9 Å². The summed E-state index contributed by atoms with van der Waals surface area (Å²) >= 11 is 5.99. The number of ether oxygens (including phenoxy) is 1. The normalized spacial score (nSPS) is 10.8. The molecular weight excluding hydrogens is 288 g/mol. The molecule has 0 saturated heterocycles. The summed E-state index contributed by atoms with van der Waals surface area (Å²) in [6, 6.07) is 12.6. The lowest BCUT2D eigenvalue weighted by atomic mass is 10.1. The lowest BCUT2D eigenvalue weighted by Gasteiger charge is -2.05. The minimum Gasteiger partial charge on any atom is -0.495 e. The van der Waals surface area contributed by atoms with Crippen molar-refractivity contribution in [1.82, 2.24) is 9.78 Å². The maximum absolute atomic E-state index is 12.7. The highest BCUT2D eigenvalue weighted by Gasteiger charge is 2.18. The summed E-state index contributed by atoms with van der Waals surface area (Å²) in [5.74, 6) is 0.324. The number of carbonyl (C=O) groups excluding carboxylic acids is 1. The van der Waals surface area contributed by atoms with Gasteiger partial charge in [-0.1, -0.05) is 29.8 Å².